The molecule has 1 aliphatic heterocycles. The molecule has 3 heteroatoms. The summed E-state index contributed by atoms with van der Waals surface area (Å²) in [6.07, 6.45) is 11.5. The van der Waals surface area contributed by atoms with Crippen molar-refractivity contribution in [1.29, 1.82) is 0 Å². The summed E-state index contributed by atoms with van der Waals surface area (Å²) in [6, 6.07) is 0.663. The minimum Gasteiger partial charge on any atom is -0.322 e. The highest BCUT2D eigenvalue weighted by Crippen LogP contribution is 2.44. The van der Waals surface area contributed by atoms with Crippen molar-refractivity contribution in [3.8, 4) is 0 Å². The van der Waals surface area contributed by atoms with E-state index in [0.29, 0.717) is 24.0 Å². The van der Waals surface area contributed by atoms with E-state index >= 15 is 0 Å². The number of nitrogens with one attached hydrogen (secondary N) is 1. The molecule has 3 rings (SSSR count). The van der Waals surface area contributed by atoms with E-state index in [4.69, 9.17) is 0 Å². The fourth-order valence-electron chi connectivity index (χ4n) is 4.31. The summed E-state index contributed by atoms with van der Waals surface area (Å²) in [6.45, 7) is 4.47. The lowest BCUT2D eigenvalue weighted by Crippen LogP contribution is -2.44. The molecule has 1 N–H and O–H groups in total. The molecule has 0 aromatic rings. The quantitative estimate of drug-likeness (QED) is 0.808. The van der Waals surface area contributed by atoms with Crippen molar-refractivity contribution in [2.45, 2.75) is 89.9 Å². The maximum Gasteiger partial charge on any atom is 0.241 e. The predicted molar refractivity (Wildman–Crippen MR) is 81.2 cm³/mol. The molecule has 3 aliphatic rings. The maximum atomic E-state index is 12.8. The van der Waals surface area contributed by atoms with Gasteiger partial charge in [0.25, 0.3) is 0 Å². The summed E-state index contributed by atoms with van der Waals surface area (Å²) in [7, 11) is 0. The number of hydrogen-bond acceptors (Lipinski definition) is 2. The number of unbranched alkanes of at least 4 members (excludes halogenated alkanes) is 1. The Hall–Kier alpha value is -0.570. The van der Waals surface area contributed by atoms with Crippen molar-refractivity contribution in [3.05, 3.63) is 0 Å². The van der Waals surface area contributed by atoms with Crippen molar-refractivity contribution in [2.24, 2.45) is 11.8 Å². The van der Waals surface area contributed by atoms with Crippen LogP contribution in [-0.2, 0) is 4.79 Å². The van der Waals surface area contributed by atoms with Gasteiger partial charge in [-0.1, -0.05) is 46.0 Å². The summed E-state index contributed by atoms with van der Waals surface area (Å²) in [4.78, 5) is 15.1. The lowest BCUT2D eigenvalue weighted by atomic mass is 10.0. The third-order valence-electron chi connectivity index (χ3n) is 5.68. The van der Waals surface area contributed by atoms with Crippen LogP contribution in [0.3, 0.4) is 0 Å². The first-order valence-electron chi connectivity index (χ1n) is 8.84. The van der Waals surface area contributed by atoms with Gasteiger partial charge in [0.15, 0.2) is 0 Å². The first kappa shape index (κ1) is 14.4. The average Bonchev–Trinajstić information content (AvgIpc) is 2.88. The average molecular weight is 278 g/mol. The highest BCUT2D eigenvalue weighted by molar-refractivity contribution is 5.85. The van der Waals surface area contributed by atoms with Gasteiger partial charge < -0.3 is 4.90 Å². The molecule has 2 saturated carbocycles. The normalized spacial score (nSPS) is 37.9. The van der Waals surface area contributed by atoms with Crippen LogP contribution in [0.1, 0.15) is 71.6 Å². The summed E-state index contributed by atoms with van der Waals surface area (Å²) >= 11 is 0. The van der Waals surface area contributed by atoms with Gasteiger partial charge in [0.05, 0.1) is 12.2 Å². The van der Waals surface area contributed by atoms with Crippen LogP contribution in [-0.4, -0.2) is 29.1 Å². The van der Waals surface area contributed by atoms with E-state index in [9.17, 15) is 4.79 Å². The van der Waals surface area contributed by atoms with E-state index in [1.807, 2.05) is 0 Å². The minimum absolute atomic E-state index is 0.110. The smallest absolute Gasteiger partial charge is 0.241 e. The van der Waals surface area contributed by atoms with Crippen LogP contribution in [0.2, 0.25) is 0 Å². The molecule has 0 bridgehead atoms. The highest BCUT2D eigenvalue weighted by atomic mass is 16.2. The van der Waals surface area contributed by atoms with Crippen LogP contribution < -0.4 is 5.32 Å². The molecular formula is C17H30N2O. The summed E-state index contributed by atoms with van der Waals surface area (Å²) in [5, 5.41) is 3.71. The zero-order valence-electron chi connectivity index (χ0n) is 13.1. The van der Waals surface area contributed by atoms with Gasteiger partial charge in [0.2, 0.25) is 5.91 Å². The van der Waals surface area contributed by atoms with Crippen LogP contribution >= 0.6 is 0 Å². The van der Waals surface area contributed by atoms with Crippen molar-refractivity contribution in [3.63, 3.8) is 0 Å². The number of nitrogens with zero attached hydrogens (tertiary/aromatic N) is 1. The predicted octanol–water partition coefficient (Wildman–Crippen LogP) is 3.29. The van der Waals surface area contributed by atoms with Crippen LogP contribution in [0.15, 0.2) is 0 Å². The van der Waals surface area contributed by atoms with E-state index in [1.54, 1.807) is 0 Å². The van der Waals surface area contributed by atoms with Gasteiger partial charge in [0.1, 0.15) is 0 Å². The van der Waals surface area contributed by atoms with E-state index < -0.39 is 0 Å². The molecule has 1 saturated heterocycles. The fourth-order valence-corrected chi connectivity index (χ4v) is 4.31. The summed E-state index contributed by atoms with van der Waals surface area (Å²) in [5.74, 6) is 1.90. The Morgan fingerprint density at radius 1 is 1.25 bits per heavy atom. The Bertz CT molecular complexity index is 351. The van der Waals surface area contributed by atoms with Gasteiger partial charge in [-0.3, -0.25) is 10.1 Å². The van der Waals surface area contributed by atoms with Gasteiger partial charge in [-0.15, -0.1) is 0 Å². The van der Waals surface area contributed by atoms with Crippen molar-refractivity contribution in [2.75, 3.05) is 0 Å². The second kappa shape index (κ2) is 6.05. The van der Waals surface area contributed by atoms with Crippen LogP contribution in [0, 0.1) is 11.8 Å². The van der Waals surface area contributed by atoms with Crippen molar-refractivity contribution in [1.82, 2.24) is 10.2 Å². The van der Waals surface area contributed by atoms with Gasteiger partial charge in [-0.2, -0.15) is 0 Å². The lowest BCUT2D eigenvalue weighted by Gasteiger charge is -2.29. The van der Waals surface area contributed by atoms with Gasteiger partial charge in [0, 0.05) is 6.04 Å². The lowest BCUT2D eigenvalue weighted by molar-refractivity contribution is -0.131. The molecule has 1 amide bonds. The maximum absolute atomic E-state index is 12.8. The number of carbonyl (C=O) groups excluding carboxylic acids is 1. The fraction of sp³-hybridized carbons (Fsp3) is 0.941. The largest absolute Gasteiger partial charge is 0.322 e. The third kappa shape index (κ3) is 2.61. The SMILES string of the molecule is CCCCC1NC(C2CCCC2)N(C2CC2CC)C1=O. The molecule has 2 aliphatic carbocycles. The third-order valence-corrected chi connectivity index (χ3v) is 5.68. The molecular weight excluding hydrogens is 248 g/mol. The Labute approximate surface area is 123 Å². The van der Waals surface area contributed by atoms with Crippen molar-refractivity contribution >= 4 is 5.91 Å². The van der Waals surface area contributed by atoms with Crippen LogP contribution in [0.4, 0.5) is 0 Å². The molecule has 0 radical (unpaired) electrons. The van der Waals surface area contributed by atoms with Gasteiger partial charge in [-0.25, -0.2) is 0 Å². The Morgan fingerprint density at radius 3 is 2.60 bits per heavy atom. The topological polar surface area (TPSA) is 32.3 Å². The second-order valence-corrected chi connectivity index (χ2v) is 7.07. The molecule has 0 aromatic heterocycles. The molecule has 4 atom stereocenters. The summed E-state index contributed by atoms with van der Waals surface area (Å²) < 4.78 is 0. The first-order chi connectivity index (χ1) is 9.76. The number of amides is 1. The van der Waals surface area contributed by atoms with Crippen molar-refractivity contribution < 1.29 is 4.79 Å². The zero-order chi connectivity index (χ0) is 14.1. The number of hydrogen-bond donors (Lipinski definition) is 1. The second-order valence-electron chi connectivity index (χ2n) is 7.07. The number of rotatable bonds is 6. The standard InChI is InChI=1S/C17H30N2O/c1-3-5-10-14-17(20)19(15-11-12(15)4-2)16(18-14)13-8-6-7-9-13/h12-16,18H,3-11H2,1-2H3. The monoisotopic (exact) mass is 278 g/mol. The zero-order valence-corrected chi connectivity index (χ0v) is 13.1. The van der Waals surface area contributed by atoms with Crippen LogP contribution in [0.5, 0.6) is 0 Å². The molecule has 0 aromatic carbocycles. The Morgan fingerprint density at radius 2 is 2.00 bits per heavy atom. The molecule has 3 nitrogen and oxygen atoms in total. The van der Waals surface area contributed by atoms with Gasteiger partial charge >= 0.3 is 0 Å². The Balaban J connectivity index is 1.70. The molecule has 114 valence electrons. The van der Waals surface area contributed by atoms with E-state index in [1.165, 1.54) is 44.9 Å². The minimum atomic E-state index is 0.110. The van der Waals surface area contributed by atoms with Gasteiger partial charge in [-0.05, 0) is 37.5 Å². The highest BCUT2D eigenvalue weighted by Gasteiger charge is 2.52. The van der Waals surface area contributed by atoms with E-state index in [0.717, 1.165) is 18.8 Å². The Kier molecular flexibility index (Phi) is 4.34. The summed E-state index contributed by atoms with van der Waals surface area (Å²) in [5.41, 5.74) is 0. The molecule has 4 unspecified atom stereocenters. The molecule has 0 spiro atoms. The van der Waals surface area contributed by atoms with E-state index in [2.05, 4.69) is 24.1 Å². The van der Waals surface area contributed by atoms with Crippen LogP contribution in [0.25, 0.3) is 0 Å². The molecule has 1 heterocycles. The van der Waals surface area contributed by atoms with E-state index in [-0.39, 0.29) is 6.04 Å². The molecule has 3 fully saturated rings. The molecule has 20 heavy (non-hydrogen) atoms. The number of carbonyl (C=O) groups is 1. The first-order valence-corrected chi connectivity index (χ1v) is 8.84.